The molecule has 0 saturated carbocycles. The number of aromatic nitrogens is 2. The van der Waals surface area contributed by atoms with Gasteiger partial charge >= 0.3 is 0 Å². The molecule has 0 bridgehead atoms. The van der Waals surface area contributed by atoms with Gasteiger partial charge in [0.15, 0.2) is 5.82 Å². The molecule has 0 aliphatic carbocycles. The van der Waals surface area contributed by atoms with Crippen molar-refractivity contribution in [3.05, 3.63) is 18.2 Å². The summed E-state index contributed by atoms with van der Waals surface area (Å²) in [4.78, 5) is 18.2. The van der Waals surface area contributed by atoms with E-state index in [0.29, 0.717) is 12.4 Å². The lowest BCUT2D eigenvalue weighted by Gasteiger charge is -2.15. The first-order chi connectivity index (χ1) is 7.27. The lowest BCUT2D eigenvalue weighted by atomic mass is 10.1. The van der Waals surface area contributed by atoms with Gasteiger partial charge in [-0.2, -0.15) is 0 Å². The van der Waals surface area contributed by atoms with E-state index in [9.17, 15) is 4.79 Å². The Morgan fingerprint density at radius 2 is 2.53 bits per heavy atom. The highest BCUT2D eigenvalue weighted by atomic mass is 16.2. The number of carbonyl (C=O) groups excluding carboxylic acids is 1. The molecule has 1 aromatic rings. The van der Waals surface area contributed by atoms with E-state index in [-0.39, 0.29) is 11.9 Å². The Labute approximate surface area is 89.5 Å². The van der Waals surface area contributed by atoms with Crippen LogP contribution in [0, 0.1) is 0 Å². The van der Waals surface area contributed by atoms with Crippen molar-refractivity contribution in [2.45, 2.75) is 32.2 Å². The molecular weight excluding hydrogens is 192 g/mol. The Morgan fingerprint density at radius 3 is 3.07 bits per heavy atom. The third-order valence-corrected chi connectivity index (χ3v) is 2.24. The predicted molar refractivity (Wildman–Crippen MR) is 58.4 cm³/mol. The van der Waals surface area contributed by atoms with Crippen LogP contribution in [-0.2, 0) is 0 Å². The third kappa shape index (κ3) is 3.71. The zero-order valence-corrected chi connectivity index (χ0v) is 8.99. The minimum Gasteiger partial charge on any atom is -0.345 e. The highest BCUT2D eigenvalue weighted by Gasteiger charge is 2.13. The fraction of sp³-hybridized carbons (Fsp3) is 0.600. The minimum atomic E-state index is -0.188. The molecule has 0 saturated heterocycles. The first kappa shape index (κ1) is 11.7. The maximum absolute atomic E-state index is 11.6. The van der Waals surface area contributed by atoms with Crippen LogP contribution in [0.15, 0.2) is 12.4 Å². The first-order valence-electron chi connectivity index (χ1n) is 5.28. The van der Waals surface area contributed by atoms with E-state index in [1.165, 1.54) is 0 Å². The number of carbonyl (C=O) groups is 1. The maximum Gasteiger partial charge on any atom is 0.287 e. The van der Waals surface area contributed by atoms with Gasteiger partial charge in [0.2, 0.25) is 0 Å². The number of nitrogens with zero attached hydrogens (tertiary/aromatic N) is 1. The number of rotatable bonds is 6. The Kier molecular flexibility index (Phi) is 4.83. The molecule has 15 heavy (non-hydrogen) atoms. The molecule has 4 N–H and O–H groups in total. The highest BCUT2D eigenvalue weighted by molar-refractivity contribution is 5.90. The average Bonchev–Trinajstić information content (AvgIpc) is 2.77. The Morgan fingerprint density at radius 1 is 1.73 bits per heavy atom. The molecule has 0 unspecified atom stereocenters. The molecule has 1 amide bonds. The van der Waals surface area contributed by atoms with E-state index >= 15 is 0 Å². The molecule has 1 heterocycles. The van der Waals surface area contributed by atoms with Crippen LogP contribution in [0.5, 0.6) is 0 Å². The van der Waals surface area contributed by atoms with Crippen molar-refractivity contribution in [3.63, 3.8) is 0 Å². The molecule has 0 radical (unpaired) electrons. The lowest BCUT2D eigenvalue weighted by molar-refractivity contribution is 0.0926. The van der Waals surface area contributed by atoms with Gasteiger partial charge < -0.3 is 16.0 Å². The van der Waals surface area contributed by atoms with Gasteiger partial charge in [0.25, 0.3) is 5.91 Å². The molecule has 5 nitrogen and oxygen atoms in total. The fourth-order valence-electron chi connectivity index (χ4n) is 1.34. The van der Waals surface area contributed by atoms with Gasteiger partial charge in [0, 0.05) is 25.0 Å². The number of aromatic amines is 1. The van der Waals surface area contributed by atoms with Crippen LogP contribution in [0.4, 0.5) is 0 Å². The molecule has 1 rings (SSSR count). The molecule has 1 aromatic heterocycles. The summed E-state index contributed by atoms with van der Waals surface area (Å²) in [5, 5.41) is 2.85. The minimum absolute atomic E-state index is 0.0440. The average molecular weight is 210 g/mol. The highest BCUT2D eigenvalue weighted by Crippen LogP contribution is 2.00. The third-order valence-electron chi connectivity index (χ3n) is 2.24. The summed E-state index contributed by atoms with van der Waals surface area (Å²) in [5.74, 6) is 0.150. The van der Waals surface area contributed by atoms with Gasteiger partial charge in [0.05, 0.1) is 0 Å². The van der Waals surface area contributed by atoms with E-state index < -0.39 is 0 Å². The predicted octanol–water partition coefficient (Wildman–Crippen LogP) is 0.657. The second-order valence-electron chi connectivity index (χ2n) is 3.49. The Hall–Kier alpha value is -1.36. The summed E-state index contributed by atoms with van der Waals surface area (Å²) in [7, 11) is 0. The standard InChI is InChI=1S/C10H18N4O/c1-2-3-4-8(7-11)14-10(15)9-12-5-6-13-9/h5-6,8H,2-4,7,11H2,1H3,(H,12,13)(H,14,15)/t8-/m0/s1. The number of amides is 1. The van der Waals surface area contributed by atoms with Crippen molar-refractivity contribution in [2.75, 3.05) is 6.54 Å². The van der Waals surface area contributed by atoms with Gasteiger partial charge in [0.1, 0.15) is 0 Å². The van der Waals surface area contributed by atoms with Crippen LogP contribution in [-0.4, -0.2) is 28.5 Å². The molecule has 0 aliphatic heterocycles. The van der Waals surface area contributed by atoms with Crippen molar-refractivity contribution in [2.24, 2.45) is 5.73 Å². The monoisotopic (exact) mass is 210 g/mol. The lowest BCUT2D eigenvalue weighted by Crippen LogP contribution is -2.40. The zero-order chi connectivity index (χ0) is 11.1. The molecular formula is C10H18N4O. The van der Waals surface area contributed by atoms with Crippen molar-refractivity contribution in [3.8, 4) is 0 Å². The van der Waals surface area contributed by atoms with E-state index in [1.54, 1.807) is 12.4 Å². The number of nitrogens with one attached hydrogen (secondary N) is 2. The normalized spacial score (nSPS) is 12.4. The zero-order valence-electron chi connectivity index (χ0n) is 8.99. The molecule has 1 atom stereocenters. The van der Waals surface area contributed by atoms with Gasteiger partial charge in [-0.3, -0.25) is 4.79 Å². The van der Waals surface area contributed by atoms with Crippen LogP contribution in [0.1, 0.15) is 36.8 Å². The number of hydrogen-bond acceptors (Lipinski definition) is 3. The van der Waals surface area contributed by atoms with Gasteiger partial charge in [-0.15, -0.1) is 0 Å². The van der Waals surface area contributed by atoms with Crippen molar-refractivity contribution < 1.29 is 4.79 Å². The SMILES string of the molecule is CCCC[C@@H](CN)NC(=O)c1ncc[nH]1. The van der Waals surface area contributed by atoms with Crippen molar-refractivity contribution in [1.29, 1.82) is 0 Å². The summed E-state index contributed by atoms with van der Waals surface area (Å²) < 4.78 is 0. The number of H-pyrrole nitrogens is 1. The second kappa shape index (κ2) is 6.19. The number of imidazole rings is 1. The summed E-state index contributed by atoms with van der Waals surface area (Å²) in [6, 6.07) is 0.0440. The fourth-order valence-corrected chi connectivity index (χ4v) is 1.34. The van der Waals surface area contributed by atoms with Crippen LogP contribution >= 0.6 is 0 Å². The first-order valence-corrected chi connectivity index (χ1v) is 5.28. The number of hydrogen-bond donors (Lipinski definition) is 3. The van der Waals surface area contributed by atoms with Crippen LogP contribution in [0.2, 0.25) is 0 Å². The van der Waals surface area contributed by atoms with Crippen LogP contribution in [0.3, 0.4) is 0 Å². The Bertz CT molecular complexity index is 284. The molecule has 0 aromatic carbocycles. The number of unbranched alkanes of at least 4 members (excludes halogenated alkanes) is 1. The quantitative estimate of drug-likeness (QED) is 0.644. The molecule has 0 spiro atoms. The van der Waals surface area contributed by atoms with E-state index in [1.807, 2.05) is 0 Å². The van der Waals surface area contributed by atoms with Crippen LogP contribution < -0.4 is 11.1 Å². The molecule has 0 aliphatic rings. The van der Waals surface area contributed by atoms with E-state index in [2.05, 4.69) is 22.2 Å². The van der Waals surface area contributed by atoms with Crippen molar-refractivity contribution >= 4 is 5.91 Å². The summed E-state index contributed by atoms with van der Waals surface area (Å²) >= 11 is 0. The van der Waals surface area contributed by atoms with Crippen molar-refractivity contribution in [1.82, 2.24) is 15.3 Å². The largest absolute Gasteiger partial charge is 0.345 e. The van der Waals surface area contributed by atoms with Crippen LogP contribution in [0.25, 0.3) is 0 Å². The smallest absolute Gasteiger partial charge is 0.287 e. The molecule has 84 valence electrons. The van der Waals surface area contributed by atoms with Gasteiger partial charge in [-0.1, -0.05) is 19.8 Å². The summed E-state index contributed by atoms with van der Waals surface area (Å²) in [5.41, 5.74) is 5.57. The van der Waals surface area contributed by atoms with Gasteiger partial charge in [-0.05, 0) is 6.42 Å². The van der Waals surface area contributed by atoms with Gasteiger partial charge in [-0.25, -0.2) is 4.98 Å². The molecule has 5 heteroatoms. The Balaban J connectivity index is 2.41. The van der Waals surface area contributed by atoms with E-state index in [0.717, 1.165) is 19.3 Å². The summed E-state index contributed by atoms with van der Waals surface area (Å²) in [6.45, 7) is 2.58. The number of nitrogens with two attached hydrogens (primary N) is 1. The maximum atomic E-state index is 11.6. The molecule has 0 fully saturated rings. The summed E-state index contributed by atoms with van der Waals surface area (Å²) in [6.07, 6.45) is 6.27. The topological polar surface area (TPSA) is 83.8 Å². The second-order valence-corrected chi connectivity index (χ2v) is 3.49. The van der Waals surface area contributed by atoms with E-state index in [4.69, 9.17) is 5.73 Å².